The Morgan fingerprint density at radius 1 is 0.426 bits per heavy atom. The highest BCUT2D eigenvalue weighted by molar-refractivity contribution is 7.47. The molecule has 0 rings (SSSR count). The summed E-state index contributed by atoms with van der Waals surface area (Å²) in [6, 6.07) is 0. The van der Waals surface area contributed by atoms with Crippen molar-refractivity contribution in [1.82, 2.24) is 0 Å². The van der Waals surface area contributed by atoms with Gasteiger partial charge in [0, 0.05) is 19.6 Å². The summed E-state index contributed by atoms with van der Waals surface area (Å²) in [5.74, 6) is -0.324. The zero-order chi connectivity index (χ0) is 49.4. The maximum absolute atomic E-state index is 12.7. The summed E-state index contributed by atoms with van der Waals surface area (Å²) in [6.07, 6.45) is 68.1. The summed E-state index contributed by atoms with van der Waals surface area (Å²) in [5.41, 5.74) is 5.41. The van der Waals surface area contributed by atoms with Gasteiger partial charge in [0.15, 0.2) is 0 Å². The van der Waals surface area contributed by atoms with Gasteiger partial charge >= 0.3 is 13.8 Å². The van der Waals surface area contributed by atoms with Gasteiger partial charge in [-0.1, -0.05) is 263 Å². The molecule has 9 heteroatoms. The van der Waals surface area contributed by atoms with E-state index in [0.717, 1.165) is 32.1 Å². The number of carbonyl (C=O) groups is 1. The molecule has 0 saturated heterocycles. The zero-order valence-electron chi connectivity index (χ0n) is 45.4. The molecule has 0 spiro atoms. The fourth-order valence-corrected chi connectivity index (χ4v) is 9.70. The Hall–Kier alpha value is -1.02. The number of hydrogen-bond donors (Lipinski definition) is 2. The van der Waals surface area contributed by atoms with Crippen molar-refractivity contribution >= 4 is 13.8 Å². The van der Waals surface area contributed by atoms with Gasteiger partial charge in [-0.05, 0) is 64.2 Å². The zero-order valence-corrected chi connectivity index (χ0v) is 46.3. The molecular formula is C59H116NO7P. The molecule has 0 aromatic heterocycles. The van der Waals surface area contributed by atoms with Gasteiger partial charge in [-0.15, -0.1) is 0 Å². The van der Waals surface area contributed by atoms with Crippen LogP contribution in [0, 0.1) is 0 Å². The largest absolute Gasteiger partial charge is 0.472 e. The van der Waals surface area contributed by atoms with Crippen molar-refractivity contribution in [2.24, 2.45) is 5.73 Å². The number of allylic oxidation sites excluding steroid dienone is 4. The normalized spacial score (nSPS) is 13.3. The Morgan fingerprint density at radius 2 is 0.735 bits per heavy atom. The number of unbranched alkanes of at least 4 members (excludes halogenated alkanes) is 41. The van der Waals surface area contributed by atoms with Crippen LogP contribution in [-0.4, -0.2) is 49.9 Å². The van der Waals surface area contributed by atoms with Crippen LogP contribution in [0.1, 0.15) is 309 Å². The Labute approximate surface area is 423 Å². The first-order chi connectivity index (χ1) is 33.4. The van der Waals surface area contributed by atoms with Crippen molar-refractivity contribution < 1.29 is 32.8 Å². The lowest BCUT2D eigenvalue weighted by atomic mass is 10.0. The van der Waals surface area contributed by atoms with Crippen LogP contribution in [0.15, 0.2) is 24.3 Å². The topological polar surface area (TPSA) is 117 Å². The molecule has 0 heterocycles. The molecule has 0 saturated carbocycles. The predicted molar refractivity (Wildman–Crippen MR) is 293 cm³/mol. The van der Waals surface area contributed by atoms with Gasteiger partial charge in [0.1, 0.15) is 6.10 Å². The van der Waals surface area contributed by atoms with Crippen LogP contribution in [0.4, 0.5) is 0 Å². The molecule has 0 bridgehead atoms. The number of phosphoric ester groups is 1. The van der Waals surface area contributed by atoms with Gasteiger partial charge in [-0.3, -0.25) is 13.8 Å². The van der Waals surface area contributed by atoms with Crippen LogP contribution in [-0.2, 0) is 27.9 Å². The molecule has 8 nitrogen and oxygen atoms in total. The lowest BCUT2D eigenvalue weighted by Gasteiger charge is -2.20. The average molecular weight is 983 g/mol. The average Bonchev–Trinajstić information content (AvgIpc) is 3.33. The summed E-state index contributed by atoms with van der Waals surface area (Å²) in [4.78, 5) is 22.7. The molecule has 2 unspecified atom stereocenters. The van der Waals surface area contributed by atoms with Crippen molar-refractivity contribution in [3.05, 3.63) is 24.3 Å². The van der Waals surface area contributed by atoms with E-state index in [0.29, 0.717) is 13.0 Å². The molecule has 0 aromatic rings. The molecule has 0 aliphatic carbocycles. The summed E-state index contributed by atoms with van der Waals surface area (Å²) in [7, 11) is -4.28. The maximum Gasteiger partial charge on any atom is 0.472 e. The van der Waals surface area contributed by atoms with E-state index in [1.54, 1.807) is 0 Å². The van der Waals surface area contributed by atoms with Crippen molar-refractivity contribution in [1.29, 1.82) is 0 Å². The van der Waals surface area contributed by atoms with Gasteiger partial charge in [0.05, 0.1) is 19.8 Å². The number of phosphoric acid groups is 1. The van der Waals surface area contributed by atoms with Crippen molar-refractivity contribution in [3.8, 4) is 0 Å². The third-order valence-electron chi connectivity index (χ3n) is 13.3. The monoisotopic (exact) mass is 982 g/mol. The quantitative estimate of drug-likeness (QED) is 0.0268. The van der Waals surface area contributed by atoms with Crippen LogP contribution in [0.5, 0.6) is 0 Å². The standard InChI is InChI=1S/C59H116NO7P/c1-3-5-7-9-11-13-15-17-19-21-23-25-27-28-29-31-33-35-37-39-41-43-45-47-49-51-54-64-56-58(57-66-68(62,63)65-55-53-60)67-59(61)52-50-48-46-44-42-40-38-36-34-32-30-26-24-22-20-18-16-14-12-10-8-6-4-2/h21-24,58H,3-20,25-57,60H2,1-2H3,(H,62,63)/b23-21-,24-22-. The Balaban J connectivity index is 3.83. The second kappa shape index (κ2) is 56.9. The summed E-state index contributed by atoms with van der Waals surface area (Å²) < 4.78 is 33.7. The predicted octanol–water partition coefficient (Wildman–Crippen LogP) is 19.1. The molecule has 404 valence electrons. The van der Waals surface area contributed by atoms with Crippen molar-refractivity contribution in [3.63, 3.8) is 0 Å². The summed E-state index contributed by atoms with van der Waals surface area (Å²) in [5, 5.41) is 0. The number of ether oxygens (including phenoxy) is 2. The van der Waals surface area contributed by atoms with E-state index in [2.05, 4.69) is 38.2 Å². The second-order valence-corrected chi connectivity index (χ2v) is 21.7. The van der Waals surface area contributed by atoms with Gasteiger partial charge in [0.2, 0.25) is 0 Å². The van der Waals surface area contributed by atoms with Gasteiger partial charge in [-0.2, -0.15) is 0 Å². The highest BCUT2D eigenvalue weighted by atomic mass is 31.2. The molecule has 3 N–H and O–H groups in total. The first kappa shape index (κ1) is 67.0. The molecule has 0 fully saturated rings. The lowest BCUT2D eigenvalue weighted by molar-refractivity contribution is -0.154. The Morgan fingerprint density at radius 3 is 1.07 bits per heavy atom. The van der Waals surface area contributed by atoms with Crippen molar-refractivity contribution in [2.75, 3.05) is 33.0 Å². The Kier molecular flexibility index (Phi) is 56.0. The number of rotatable bonds is 58. The van der Waals surface area contributed by atoms with E-state index in [1.165, 1.54) is 257 Å². The second-order valence-electron chi connectivity index (χ2n) is 20.2. The highest BCUT2D eigenvalue weighted by Crippen LogP contribution is 2.43. The fraction of sp³-hybridized carbons (Fsp3) is 0.915. The molecular weight excluding hydrogens is 866 g/mol. The van der Waals surface area contributed by atoms with Crippen molar-refractivity contribution in [2.45, 2.75) is 315 Å². The minimum atomic E-state index is -4.28. The minimum absolute atomic E-state index is 0.0929. The van der Waals surface area contributed by atoms with Crippen LogP contribution < -0.4 is 5.73 Å². The maximum atomic E-state index is 12.7. The van der Waals surface area contributed by atoms with E-state index >= 15 is 0 Å². The molecule has 0 aromatic carbocycles. The Bertz CT molecular complexity index is 1100. The number of nitrogens with two attached hydrogens (primary N) is 1. The molecule has 0 amide bonds. The smallest absolute Gasteiger partial charge is 0.457 e. The third kappa shape index (κ3) is 55.9. The van der Waals surface area contributed by atoms with E-state index in [-0.39, 0.29) is 32.3 Å². The third-order valence-corrected chi connectivity index (χ3v) is 14.3. The van der Waals surface area contributed by atoms with E-state index in [4.69, 9.17) is 24.3 Å². The molecule has 0 radical (unpaired) electrons. The van der Waals surface area contributed by atoms with Crippen LogP contribution in [0.3, 0.4) is 0 Å². The van der Waals surface area contributed by atoms with E-state index in [1.807, 2.05) is 0 Å². The number of esters is 1. The van der Waals surface area contributed by atoms with Crippen LogP contribution in [0.25, 0.3) is 0 Å². The van der Waals surface area contributed by atoms with E-state index < -0.39 is 13.9 Å². The lowest BCUT2D eigenvalue weighted by Crippen LogP contribution is -2.28. The summed E-state index contributed by atoms with van der Waals surface area (Å²) >= 11 is 0. The molecule has 0 aliphatic rings. The highest BCUT2D eigenvalue weighted by Gasteiger charge is 2.25. The first-order valence-corrected chi connectivity index (χ1v) is 31.3. The van der Waals surface area contributed by atoms with E-state index in [9.17, 15) is 14.3 Å². The van der Waals surface area contributed by atoms with Crippen LogP contribution in [0.2, 0.25) is 0 Å². The van der Waals surface area contributed by atoms with Crippen LogP contribution >= 0.6 is 7.82 Å². The molecule has 2 atom stereocenters. The fourth-order valence-electron chi connectivity index (χ4n) is 8.93. The molecule has 68 heavy (non-hydrogen) atoms. The minimum Gasteiger partial charge on any atom is -0.457 e. The SMILES string of the molecule is CCCCCCCCCC/C=C\CCCCCCCCCCCCCCCCOCC(COP(=O)(O)OCCN)OC(=O)CCCCCCCCCCCCC/C=C\CCCCCCCCCC. The number of carbonyl (C=O) groups excluding carboxylic acids is 1. The number of hydrogen-bond acceptors (Lipinski definition) is 7. The first-order valence-electron chi connectivity index (χ1n) is 29.8. The van der Waals surface area contributed by atoms with Gasteiger partial charge in [0.25, 0.3) is 0 Å². The molecule has 0 aliphatic heterocycles. The van der Waals surface area contributed by atoms with Gasteiger partial charge < -0.3 is 20.1 Å². The van der Waals surface area contributed by atoms with Gasteiger partial charge in [-0.25, -0.2) is 4.57 Å². The summed E-state index contributed by atoms with van der Waals surface area (Å²) in [6.45, 7) is 4.99.